The van der Waals surface area contributed by atoms with Crippen molar-refractivity contribution in [3.05, 3.63) is 35.2 Å². The highest BCUT2D eigenvalue weighted by atomic mass is 19.1. The van der Waals surface area contributed by atoms with E-state index in [1.165, 1.54) is 11.3 Å². The van der Waals surface area contributed by atoms with Crippen LogP contribution in [0.5, 0.6) is 0 Å². The van der Waals surface area contributed by atoms with Gasteiger partial charge in [-0.05, 0) is 62.4 Å². The molecule has 2 rings (SSSR count). The molecule has 1 aromatic rings. The maximum Gasteiger partial charge on any atom is 0.191 e. The van der Waals surface area contributed by atoms with Gasteiger partial charge in [0.1, 0.15) is 0 Å². The third-order valence-corrected chi connectivity index (χ3v) is 4.19. The molecule has 0 fully saturated rings. The molecule has 21 heavy (non-hydrogen) atoms. The van der Waals surface area contributed by atoms with E-state index in [4.69, 9.17) is 0 Å². The van der Waals surface area contributed by atoms with Gasteiger partial charge in [-0.1, -0.05) is 13.0 Å². The first-order valence-corrected chi connectivity index (χ1v) is 7.75. The monoisotopic (exact) mass is 289 g/mol. The van der Waals surface area contributed by atoms with Crippen LogP contribution in [0, 0.1) is 0 Å². The number of Topliss-reactive ketones (excluding diaryl/α,β-unsaturated/α-hetero) is 1. The van der Waals surface area contributed by atoms with Crippen molar-refractivity contribution < 1.29 is 9.18 Å². The van der Waals surface area contributed by atoms with E-state index in [-0.39, 0.29) is 6.42 Å². The molecule has 1 aliphatic rings. The minimum absolute atomic E-state index is 0.204. The number of carbonyl (C=O) groups is 1. The number of hydrogen-bond acceptors (Lipinski definition) is 2. The molecular weight excluding hydrogens is 265 g/mol. The fourth-order valence-corrected chi connectivity index (χ4v) is 2.89. The van der Waals surface area contributed by atoms with Crippen LogP contribution < -0.4 is 4.90 Å². The first-order chi connectivity index (χ1) is 9.95. The summed E-state index contributed by atoms with van der Waals surface area (Å²) in [6.07, 6.45) is 2.34. The van der Waals surface area contributed by atoms with E-state index in [9.17, 15) is 9.18 Å². The molecule has 0 saturated carbocycles. The second kappa shape index (κ2) is 6.42. The van der Waals surface area contributed by atoms with Gasteiger partial charge in [0.25, 0.3) is 0 Å². The van der Waals surface area contributed by atoms with Crippen molar-refractivity contribution in [2.45, 2.75) is 53.0 Å². The van der Waals surface area contributed by atoms with Crippen molar-refractivity contribution in [3.8, 4) is 0 Å². The maximum atomic E-state index is 14.0. The van der Waals surface area contributed by atoms with Gasteiger partial charge < -0.3 is 4.90 Å². The van der Waals surface area contributed by atoms with Crippen molar-refractivity contribution in [1.29, 1.82) is 0 Å². The average Bonchev–Trinajstić information content (AvgIpc) is 2.51. The molecule has 0 bridgehead atoms. The quantitative estimate of drug-likeness (QED) is 0.759. The predicted molar refractivity (Wildman–Crippen MR) is 86.2 cm³/mol. The summed E-state index contributed by atoms with van der Waals surface area (Å²) in [6, 6.07) is 6.50. The largest absolute Gasteiger partial charge is 0.369 e. The molecule has 0 atom stereocenters. The Morgan fingerprint density at radius 3 is 2.71 bits per heavy atom. The minimum atomic E-state index is -0.603. The zero-order valence-electron chi connectivity index (χ0n) is 13.4. The molecule has 0 saturated heterocycles. The zero-order valence-corrected chi connectivity index (χ0v) is 13.4. The van der Waals surface area contributed by atoms with Crippen molar-refractivity contribution >= 4 is 17.0 Å². The normalized spacial score (nSPS) is 15.8. The number of aryl methyl sites for hydroxylation is 1. The molecule has 2 nitrogen and oxygen atoms in total. The van der Waals surface area contributed by atoms with Gasteiger partial charge in [0.15, 0.2) is 11.6 Å². The van der Waals surface area contributed by atoms with Crippen LogP contribution in [0.25, 0.3) is 5.57 Å². The van der Waals surface area contributed by atoms with Crippen LogP contribution in [-0.4, -0.2) is 18.4 Å². The summed E-state index contributed by atoms with van der Waals surface area (Å²) in [5, 5.41) is 0. The van der Waals surface area contributed by atoms with Gasteiger partial charge in [-0.3, -0.25) is 4.79 Å². The SMILES string of the molecule is CCC(=O)/C(F)=C(\C)c1ccc2c(c1)CCCN2C(C)C. The van der Waals surface area contributed by atoms with E-state index in [0.29, 0.717) is 11.6 Å². The Hall–Kier alpha value is -1.64. The van der Waals surface area contributed by atoms with Gasteiger partial charge in [0.2, 0.25) is 0 Å². The Morgan fingerprint density at radius 1 is 1.38 bits per heavy atom. The summed E-state index contributed by atoms with van der Waals surface area (Å²) in [5.41, 5.74) is 3.77. The van der Waals surface area contributed by atoms with E-state index in [0.717, 1.165) is 24.9 Å². The van der Waals surface area contributed by atoms with Gasteiger partial charge >= 0.3 is 0 Å². The minimum Gasteiger partial charge on any atom is -0.369 e. The number of rotatable bonds is 4. The lowest BCUT2D eigenvalue weighted by atomic mass is 9.95. The Labute approximate surface area is 126 Å². The smallest absolute Gasteiger partial charge is 0.191 e. The van der Waals surface area contributed by atoms with E-state index < -0.39 is 11.6 Å². The lowest BCUT2D eigenvalue weighted by Crippen LogP contribution is -2.35. The summed E-state index contributed by atoms with van der Waals surface area (Å²) < 4.78 is 14.0. The number of benzene rings is 1. The van der Waals surface area contributed by atoms with Crippen molar-refractivity contribution in [3.63, 3.8) is 0 Å². The van der Waals surface area contributed by atoms with Crippen LogP contribution >= 0.6 is 0 Å². The molecular formula is C18H24FNO. The summed E-state index contributed by atoms with van der Waals surface area (Å²) in [5.74, 6) is -1.02. The van der Waals surface area contributed by atoms with Crippen molar-refractivity contribution in [2.75, 3.05) is 11.4 Å². The second-order valence-electron chi connectivity index (χ2n) is 5.95. The number of halogens is 1. The molecule has 1 aromatic carbocycles. The van der Waals surface area contributed by atoms with Gasteiger partial charge in [-0.25, -0.2) is 4.39 Å². The van der Waals surface area contributed by atoms with E-state index in [1.54, 1.807) is 13.8 Å². The van der Waals surface area contributed by atoms with Crippen LogP contribution in [0.1, 0.15) is 51.7 Å². The topological polar surface area (TPSA) is 20.3 Å². The summed E-state index contributed by atoms with van der Waals surface area (Å²) in [4.78, 5) is 13.9. The molecule has 3 heteroatoms. The predicted octanol–water partition coefficient (Wildman–Crippen LogP) is 4.53. The Morgan fingerprint density at radius 2 is 2.10 bits per heavy atom. The molecule has 1 heterocycles. The summed E-state index contributed by atoms with van der Waals surface area (Å²) in [6.45, 7) is 8.82. The number of anilines is 1. The first-order valence-electron chi connectivity index (χ1n) is 7.75. The van der Waals surface area contributed by atoms with Crippen LogP contribution in [0.3, 0.4) is 0 Å². The molecule has 0 N–H and O–H groups in total. The molecule has 0 unspecified atom stereocenters. The van der Waals surface area contributed by atoms with Crippen LogP contribution in [0.4, 0.5) is 10.1 Å². The van der Waals surface area contributed by atoms with Gasteiger partial charge in [0.05, 0.1) is 0 Å². The summed E-state index contributed by atoms with van der Waals surface area (Å²) in [7, 11) is 0. The van der Waals surface area contributed by atoms with Crippen LogP contribution in [0.15, 0.2) is 24.0 Å². The lowest BCUT2D eigenvalue weighted by molar-refractivity contribution is -0.116. The van der Waals surface area contributed by atoms with Crippen molar-refractivity contribution in [2.24, 2.45) is 0 Å². The van der Waals surface area contributed by atoms with Crippen molar-refractivity contribution in [1.82, 2.24) is 0 Å². The maximum absolute atomic E-state index is 14.0. The lowest BCUT2D eigenvalue weighted by Gasteiger charge is -2.35. The second-order valence-corrected chi connectivity index (χ2v) is 5.95. The van der Waals surface area contributed by atoms with E-state index in [1.807, 2.05) is 12.1 Å². The van der Waals surface area contributed by atoms with E-state index in [2.05, 4.69) is 24.8 Å². The highest BCUT2D eigenvalue weighted by Crippen LogP contribution is 2.32. The third kappa shape index (κ3) is 3.17. The standard InChI is InChI=1S/C18H24FNO/c1-5-17(21)18(19)13(4)14-8-9-16-15(11-14)7-6-10-20(16)12(2)3/h8-9,11-12H,5-7,10H2,1-4H3/b18-13-. The molecule has 0 amide bonds. The fourth-order valence-electron chi connectivity index (χ4n) is 2.89. The number of carbonyl (C=O) groups excluding carboxylic acids is 1. The van der Waals surface area contributed by atoms with Gasteiger partial charge in [-0.15, -0.1) is 0 Å². The Kier molecular flexibility index (Phi) is 4.81. The van der Waals surface area contributed by atoms with Crippen LogP contribution in [0.2, 0.25) is 0 Å². The zero-order chi connectivity index (χ0) is 15.6. The number of ketones is 1. The number of fused-ring (bicyclic) bond motifs is 1. The number of nitrogens with zero attached hydrogens (tertiary/aromatic N) is 1. The highest BCUT2D eigenvalue weighted by molar-refractivity contribution is 6.00. The van der Waals surface area contributed by atoms with E-state index >= 15 is 0 Å². The van der Waals surface area contributed by atoms with Gasteiger partial charge in [-0.2, -0.15) is 0 Å². The third-order valence-electron chi connectivity index (χ3n) is 4.19. The van der Waals surface area contributed by atoms with Crippen LogP contribution in [-0.2, 0) is 11.2 Å². The average molecular weight is 289 g/mol. The Bertz CT molecular complexity index is 575. The van der Waals surface area contributed by atoms with Gasteiger partial charge in [0, 0.05) is 24.7 Å². The molecule has 1 aliphatic heterocycles. The fraction of sp³-hybridized carbons (Fsp3) is 0.500. The molecule has 0 aromatic heterocycles. The highest BCUT2D eigenvalue weighted by Gasteiger charge is 2.20. The first kappa shape index (κ1) is 15.7. The molecule has 0 spiro atoms. The molecule has 0 radical (unpaired) electrons. The Balaban J connectivity index is 2.40. The number of hydrogen-bond donors (Lipinski definition) is 0. The molecule has 114 valence electrons. The summed E-state index contributed by atoms with van der Waals surface area (Å²) >= 11 is 0. The molecule has 0 aliphatic carbocycles. The number of allylic oxidation sites excluding steroid dienone is 2.